The van der Waals surface area contributed by atoms with Crippen LogP contribution in [-0.2, 0) is 4.79 Å². The van der Waals surface area contributed by atoms with Crippen molar-refractivity contribution in [1.82, 2.24) is 0 Å². The van der Waals surface area contributed by atoms with E-state index in [0.717, 1.165) is 22.7 Å². The summed E-state index contributed by atoms with van der Waals surface area (Å²) in [5.74, 6) is 1.15. The molecule has 128 valence electrons. The molecule has 0 saturated carbocycles. The van der Waals surface area contributed by atoms with Crippen LogP contribution in [0.2, 0.25) is 0 Å². The second kappa shape index (κ2) is 8.39. The van der Waals surface area contributed by atoms with Gasteiger partial charge in [0.15, 0.2) is 0 Å². The Labute approximate surface area is 144 Å². The first kappa shape index (κ1) is 17.9. The first-order valence-electron chi connectivity index (χ1n) is 8.29. The molecule has 2 N–H and O–H groups in total. The van der Waals surface area contributed by atoms with Crippen LogP contribution in [0.5, 0.6) is 5.75 Å². The number of carbonyl (C=O) groups is 1. The molecule has 0 aliphatic heterocycles. The summed E-state index contributed by atoms with van der Waals surface area (Å²) in [4.78, 5) is 12.3. The minimum absolute atomic E-state index is 0.00796. The lowest BCUT2D eigenvalue weighted by molar-refractivity contribution is -0.115. The third-order valence-corrected chi connectivity index (χ3v) is 3.97. The Balaban J connectivity index is 1.95. The number of nitrogens with one attached hydrogen (secondary N) is 2. The first-order chi connectivity index (χ1) is 11.5. The molecule has 0 heterocycles. The quantitative estimate of drug-likeness (QED) is 0.784. The van der Waals surface area contributed by atoms with Gasteiger partial charge in [-0.15, -0.1) is 0 Å². The van der Waals surface area contributed by atoms with Gasteiger partial charge in [-0.25, -0.2) is 0 Å². The molecule has 0 unspecified atom stereocenters. The largest absolute Gasteiger partial charge is 0.495 e. The minimum Gasteiger partial charge on any atom is -0.495 e. The van der Waals surface area contributed by atoms with E-state index >= 15 is 0 Å². The van der Waals surface area contributed by atoms with Gasteiger partial charge in [0, 0.05) is 18.7 Å². The number of benzene rings is 2. The van der Waals surface area contributed by atoms with Gasteiger partial charge in [-0.05, 0) is 36.1 Å². The number of hydrogen-bond donors (Lipinski definition) is 2. The van der Waals surface area contributed by atoms with E-state index in [9.17, 15) is 4.79 Å². The molecular formula is C20H26N2O2. The van der Waals surface area contributed by atoms with E-state index in [2.05, 4.69) is 30.5 Å². The fourth-order valence-electron chi connectivity index (χ4n) is 2.65. The number of carbonyl (C=O) groups excluding carboxylic acids is 1. The highest BCUT2D eigenvalue weighted by Crippen LogP contribution is 2.27. The highest BCUT2D eigenvalue weighted by Gasteiger charge is 2.12. The van der Waals surface area contributed by atoms with Crippen molar-refractivity contribution in [2.45, 2.75) is 33.1 Å². The van der Waals surface area contributed by atoms with Crippen LogP contribution in [0.15, 0.2) is 42.5 Å². The molecule has 4 heteroatoms. The van der Waals surface area contributed by atoms with E-state index in [1.807, 2.05) is 43.3 Å². The smallest absolute Gasteiger partial charge is 0.226 e. The predicted octanol–water partition coefficient (Wildman–Crippen LogP) is 4.57. The molecule has 0 bridgehead atoms. The molecule has 0 aliphatic rings. The zero-order chi connectivity index (χ0) is 17.5. The Hall–Kier alpha value is -2.49. The number of rotatable bonds is 7. The topological polar surface area (TPSA) is 50.4 Å². The Bertz CT molecular complexity index is 696. The SMILES string of the molecule is COc1ccccc1NCCC(=O)Nc1c(C)cccc1C(C)C. The second-order valence-corrected chi connectivity index (χ2v) is 6.12. The van der Waals surface area contributed by atoms with Crippen molar-refractivity contribution >= 4 is 17.3 Å². The van der Waals surface area contributed by atoms with E-state index in [-0.39, 0.29) is 5.91 Å². The van der Waals surface area contributed by atoms with Crippen molar-refractivity contribution in [1.29, 1.82) is 0 Å². The lowest BCUT2D eigenvalue weighted by Crippen LogP contribution is -2.18. The Morgan fingerprint density at radius 3 is 2.58 bits per heavy atom. The van der Waals surface area contributed by atoms with Crippen LogP contribution in [0.25, 0.3) is 0 Å². The molecule has 0 radical (unpaired) electrons. The maximum atomic E-state index is 12.3. The standard InChI is InChI=1S/C20H26N2O2/c1-14(2)16-9-7-8-15(3)20(16)22-19(23)12-13-21-17-10-5-6-11-18(17)24-4/h5-11,14,21H,12-13H2,1-4H3,(H,22,23). The van der Waals surface area contributed by atoms with Crippen molar-refractivity contribution in [2.75, 3.05) is 24.3 Å². The summed E-state index contributed by atoms with van der Waals surface area (Å²) in [5.41, 5.74) is 4.09. The molecule has 0 fully saturated rings. The molecule has 2 rings (SSSR count). The van der Waals surface area contributed by atoms with E-state index in [4.69, 9.17) is 4.74 Å². The second-order valence-electron chi connectivity index (χ2n) is 6.12. The lowest BCUT2D eigenvalue weighted by atomic mass is 9.98. The Morgan fingerprint density at radius 1 is 1.12 bits per heavy atom. The van der Waals surface area contributed by atoms with E-state index in [1.54, 1.807) is 7.11 Å². The third kappa shape index (κ3) is 4.51. The summed E-state index contributed by atoms with van der Waals surface area (Å²) >= 11 is 0. The van der Waals surface area contributed by atoms with Gasteiger partial charge in [-0.3, -0.25) is 4.79 Å². The number of methoxy groups -OCH3 is 1. The molecule has 0 spiro atoms. The van der Waals surface area contributed by atoms with Crippen molar-refractivity contribution in [2.24, 2.45) is 0 Å². The zero-order valence-electron chi connectivity index (χ0n) is 14.8. The van der Waals surface area contributed by atoms with Gasteiger partial charge in [0.25, 0.3) is 0 Å². The predicted molar refractivity (Wildman–Crippen MR) is 100.0 cm³/mol. The molecule has 0 aromatic heterocycles. The molecule has 24 heavy (non-hydrogen) atoms. The minimum atomic E-state index is 0.00796. The first-order valence-corrected chi connectivity index (χ1v) is 8.29. The number of ether oxygens (including phenoxy) is 1. The number of hydrogen-bond acceptors (Lipinski definition) is 3. The van der Waals surface area contributed by atoms with Crippen molar-refractivity contribution in [3.63, 3.8) is 0 Å². The molecule has 2 aromatic rings. The fourth-order valence-corrected chi connectivity index (χ4v) is 2.65. The summed E-state index contributed by atoms with van der Waals surface area (Å²) in [5, 5.41) is 6.31. The highest BCUT2D eigenvalue weighted by molar-refractivity contribution is 5.92. The maximum absolute atomic E-state index is 12.3. The van der Waals surface area contributed by atoms with Crippen LogP contribution < -0.4 is 15.4 Å². The average molecular weight is 326 g/mol. The number of amides is 1. The van der Waals surface area contributed by atoms with Crippen molar-refractivity contribution in [3.05, 3.63) is 53.6 Å². The third-order valence-electron chi connectivity index (χ3n) is 3.97. The van der Waals surface area contributed by atoms with E-state index < -0.39 is 0 Å². The van der Waals surface area contributed by atoms with Crippen LogP contribution >= 0.6 is 0 Å². The molecule has 0 atom stereocenters. The van der Waals surface area contributed by atoms with Gasteiger partial charge < -0.3 is 15.4 Å². The molecule has 0 aliphatic carbocycles. The monoisotopic (exact) mass is 326 g/mol. The normalized spacial score (nSPS) is 10.5. The summed E-state index contributed by atoms with van der Waals surface area (Å²) in [6, 6.07) is 13.8. The summed E-state index contributed by atoms with van der Waals surface area (Å²) < 4.78 is 5.29. The highest BCUT2D eigenvalue weighted by atomic mass is 16.5. The summed E-state index contributed by atoms with van der Waals surface area (Å²) in [6.07, 6.45) is 0.393. The van der Waals surface area contributed by atoms with Crippen LogP contribution in [0.4, 0.5) is 11.4 Å². The lowest BCUT2D eigenvalue weighted by Gasteiger charge is -2.17. The molecular weight excluding hydrogens is 300 g/mol. The average Bonchev–Trinajstić information content (AvgIpc) is 2.57. The van der Waals surface area contributed by atoms with Gasteiger partial charge in [0.1, 0.15) is 5.75 Å². The van der Waals surface area contributed by atoms with Crippen LogP contribution in [0.3, 0.4) is 0 Å². The van der Waals surface area contributed by atoms with Crippen LogP contribution in [0, 0.1) is 6.92 Å². The van der Waals surface area contributed by atoms with Crippen molar-refractivity contribution in [3.8, 4) is 5.75 Å². The van der Waals surface area contributed by atoms with Crippen LogP contribution in [0.1, 0.15) is 37.3 Å². The van der Waals surface area contributed by atoms with Gasteiger partial charge in [-0.1, -0.05) is 44.2 Å². The number of anilines is 2. The van der Waals surface area contributed by atoms with Gasteiger partial charge in [-0.2, -0.15) is 0 Å². The van der Waals surface area contributed by atoms with Gasteiger partial charge in [0.05, 0.1) is 12.8 Å². The van der Waals surface area contributed by atoms with Crippen molar-refractivity contribution < 1.29 is 9.53 Å². The summed E-state index contributed by atoms with van der Waals surface area (Å²) in [6.45, 7) is 6.84. The van der Waals surface area contributed by atoms with Crippen LogP contribution in [-0.4, -0.2) is 19.6 Å². The maximum Gasteiger partial charge on any atom is 0.226 e. The molecule has 2 aromatic carbocycles. The number of aryl methyl sites for hydroxylation is 1. The molecule has 4 nitrogen and oxygen atoms in total. The zero-order valence-corrected chi connectivity index (χ0v) is 14.8. The number of para-hydroxylation sites is 3. The Kier molecular flexibility index (Phi) is 6.24. The fraction of sp³-hybridized carbons (Fsp3) is 0.350. The van der Waals surface area contributed by atoms with E-state index in [1.165, 1.54) is 5.56 Å². The Morgan fingerprint density at radius 2 is 1.88 bits per heavy atom. The summed E-state index contributed by atoms with van der Waals surface area (Å²) in [7, 11) is 1.64. The van der Waals surface area contributed by atoms with E-state index in [0.29, 0.717) is 18.9 Å². The molecule has 0 saturated heterocycles. The van der Waals surface area contributed by atoms with Gasteiger partial charge in [0.2, 0.25) is 5.91 Å². The molecule has 1 amide bonds. The van der Waals surface area contributed by atoms with Gasteiger partial charge >= 0.3 is 0 Å².